The van der Waals surface area contributed by atoms with E-state index in [4.69, 9.17) is 0 Å². The monoisotopic (exact) mass is 271 g/mol. The van der Waals surface area contributed by atoms with E-state index in [0.29, 0.717) is 5.78 Å². The van der Waals surface area contributed by atoms with Crippen molar-refractivity contribution in [3.63, 3.8) is 0 Å². The predicted octanol–water partition coefficient (Wildman–Crippen LogP) is 4.82. The molecule has 0 atom stereocenters. The molecule has 0 aliphatic rings. The normalized spacial score (nSPS) is 13.7. The molecule has 0 aliphatic carbocycles. The maximum absolute atomic E-state index is 11.5. The molecule has 0 saturated carbocycles. The third-order valence-corrected chi connectivity index (χ3v) is 2.11. The van der Waals surface area contributed by atoms with Crippen LogP contribution in [-0.4, -0.2) is 16.9 Å². The number of carbonyl (C=O) groups excluding carboxylic acids is 1. The molecule has 0 amide bonds. The van der Waals surface area contributed by atoms with Crippen molar-refractivity contribution in [2.24, 2.45) is 10.8 Å². The van der Waals surface area contributed by atoms with Gasteiger partial charge in [-0.25, -0.2) is 0 Å². The van der Waals surface area contributed by atoms with Crippen molar-refractivity contribution in [1.29, 1.82) is 0 Å². The fourth-order valence-electron chi connectivity index (χ4n) is 2.25. The molecule has 0 aliphatic heterocycles. The van der Waals surface area contributed by atoms with E-state index >= 15 is 0 Å². The molecule has 0 rings (SSSR count). The standard InChI is InChI=1S/C9H18O.C8H19N/c1-8(2,3)7(10)9(4,5)6;1-7(2,3)9-8(4,5)6/h1-6H3;9H,1-6H3. The first-order valence-corrected chi connectivity index (χ1v) is 7.20. The summed E-state index contributed by atoms with van der Waals surface area (Å²) in [6, 6.07) is 0. The average molecular weight is 271 g/mol. The van der Waals surface area contributed by atoms with Crippen LogP contribution in [-0.2, 0) is 4.79 Å². The summed E-state index contributed by atoms with van der Waals surface area (Å²) < 4.78 is 0. The Bertz CT molecular complexity index is 248. The van der Waals surface area contributed by atoms with Crippen LogP contribution in [0.25, 0.3) is 0 Å². The smallest absolute Gasteiger partial charge is 0.143 e. The Morgan fingerprint density at radius 1 is 0.579 bits per heavy atom. The van der Waals surface area contributed by atoms with Crippen molar-refractivity contribution in [3.05, 3.63) is 0 Å². The molecule has 0 saturated heterocycles. The Morgan fingerprint density at radius 2 is 0.789 bits per heavy atom. The van der Waals surface area contributed by atoms with Gasteiger partial charge < -0.3 is 5.32 Å². The van der Waals surface area contributed by atoms with E-state index in [1.165, 1.54) is 0 Å². The zero-order chi connectivity index (χ0) is 16.3. The van der Waals surface area contributed by atoms with Gasteiger partial charge in [0, 0.05) is 21.9 Å². The van der Waals surface area contributed by atoms with Gasteiger partial charge in [-0.3, -0.25) is 4.79 Å². The number of ketones is 1. The number of rotatable bonds is 0. The molecule has 116 valence electrons. The van der Waals surface area contributed by atoms with Gasteiger partial charge in [0.25, 0.3) is 0 Å². The van der Waals surface area contributed by atoms with Crippen LogP contribution in [0.2, 0.25) is 0 Å². The van der Waals surface area contributed by atoms with Crippen LogP contribution >= 0.6 is 0 Å². The van der Waals surface area contributed by atoms with Crippen LogP contribution in [0.4, 0.5) is 0 Å². The summed E-state index contributed by atoms with van der Waals surface area (Å²) in [5.41, 5.74) is 0.0764. The highest BCUT2D eigenvalue weighted by Gasteiger charge is 2.31. The van der Waals surface area contributed by atoms with Crippen molar-refractivity contribution in [1.82, 2.24) is 5.32 Å². The van der Waals surface area contributed by atoms with Gasteiger partial charge in [-0.1, -0.05) is 41.5 Å². The van der Waals surface area contributed by atoms with Crippen LogP contribution in [0.3, 0.4) is 0 Å². The van der Waals surface area contributed by atoms with Crippen molar-refractivity contribution < 1.29 is 4.79 Å². The van der Waals surface area contributed by atoms with Crippen molar-refractivity contribution in [2.75, 3.05) is 0 Å². The fourth-order valence-corrected chi connectivity index (χ4v) is 2.25. The third-order valence-electron chi connectivity index (χ3n) is 2.11. The Hall–Kier alpha value is -0.370. The average Bonchev–Trinajstić information content (AvgIpc) is 1.92. The molecule has 2 nitrogen and oxygen atoms in total. The molecule has 1 N–H and O–H groups in total. The highest BCUT2D eigenvalue weighted by molar-refractivity contribution is 5.88. The molecular formula is C17H37NO. The molecule has 0 radical (unpaired) electrons. The predicted molar refractivity (Wildman–Crippen MR) is 86.6 cm³/mol. The van der Waals surface area contributed by atoms with Gasteiger partial charge in [0.1, 0.15) is 5.78 Å². The fraction of sp³-hybridized carbons (Fsp3) is 0.941. The van der Waals surface area contributed by atoms with E-state index in [1.807, 2.05) is 41.5 Å². The molecule has 0 heterocycles. The second-order valence-corrected chi connectivity index (χ2v) is 9.45. The molecule has 0 unspecified atom stereocenters. The molecule has 0 aromatic carbocycles. The van der Waals surface area contributed by atoms with Crippen molar-refractivity contribution in [2.45, 2.75) is 94.2 Å². The first-order valence-electron chi connectivity index (χ1n) is 7.20. The van der Waals surface area contributed by atoms with E-state index < -0.39 is 0 Å². The number of hydrogen-bond donors (Lipinski definition) is 1. The van der Waals surface area contributed by atoms with Gasteiger partial charge in [-0.2, -0.15) is 0 Å². The molecule has 0 spiro atoms. The van der Waals surface area contributed by atoms with Gasteiger partial charge in [-0.15, -0.1) is 0 Å². The van der Waals surface area contributed by atoms with Gasteiger partial charge in [0.05, 0.1) is 0 Å². The quantitative estimate of drug-likeness (QED) is 0.684. The maximum atomic E-state index is 11.5. The van der Waals surface area contributed by atoms with Crippen LogP contribution in [0.5, 0.6) is 0 Å². The Labute approximate surface area is 121 Å². The van der Waals surface area contributed by atoms with Gasteiger partial charge in [0.15, 0.2) is 0 Å². The maximum Gasteiger partial charge on any atom is 0.143 e. The minimum Gasteiger partial charge on any atom is -0.307 e. The van der Waals surface area contributed by atoms with Crippen LogP contribution in [0, 0.1) is 10.8 Å². The molecule has 2 heteroatoms. The van der Waals surface area contributed by atoms with Crippen LogP contribution in [0.1, 0.15) is 83.1 Å². The number of Topliss-reactive ketones (excluding diaryl/α,β-unsaturated/α-hetero) is 1. The third kappa shape index (κ3) is 13.9. The lowest BCUT2D eigenvalue weighted by molar-refractivity contribution is -0.134. The van der Waals surface area contributed by atoms with E-state index in [0.717, 1.165) is 0 Å². The number of carbonyl (C=O) groups is 1. The Kier molecular flexibility index (Phi) is 7.04. The van der Waals surface area contributed by atoms with Crippen molar-refractivity contribution in [3.8, 4) is 0 Å². The van der Waals surface area contributed by atoms with Gasteiger partial charge in [0.2, 0.25) is 0 Å². The zero-order valence-electron chi connectivity index (χ0n) is 15.4. The first kappa shape index (κ1) is 20.9. The molecule has 19 heavy (non-hydrogen) atoms. The number of nitrogens with one attached hydrogen (secondary N) is 1. The van der Waals surface area contributed by atoms with E-state index in [1.54, 1.807) is 0 Å². The highest BCUT2D eigenvalue weighted by atomic mass is 16.1. The Balaban J connectivity index is 0. The van der Waals surface area contributed by atoms with Gasteiger partial charge >= 0.3 is 0 Å². The lowest BCUT2D eigenvalue weighted by atomic mass is 9.76. The van der Waals surface area contributed by atoms with Crippen LogP contribution < -0.4 is 5.32 Å². The largest absolute Gasteiger partial charge is 0.307 e. The molecule has 0 aromatic rings. The zero-order valence-corrected chi connectivity index (χ0v) is 15.4. The molecular weight excluding hydrogens is 234 g/mol. The summed E-state index contributed by atoms with van der Waals surface area (Å²) in [5.74, 6) is 0.319. The summed E-state index contributed by atoms with van der Waals surface area (Å²) in [6.07, 6.45) is 0. The first-order chi connectivity index (χ1) is 7.86. The topological polar surface area (TPSA) is 29.1 Å². The summed E-state index contributed by atoms with van der Waals surface area (Å²) in [7, 11) is 0. The minimum absolute atomic E-state index is 0.196. The summed E-state index contributed by atoms with van der Waals surface area (Å²) in [4.78, 5) is 11.5. The molecule has 0 bridgehead atoms. The molecule has 0 aromatic heterocycles. The Morgan fingerprint density at radius 3 is 0.789 bits per heavy atom. The van der Waals surface area contributed by atoms with E-state index in [-0.39, 0.29) is 21.9 Å². The van der Waals surface area contributed by atoms with E-state index in [9.17, 15) is 4.79 Å². The highest BCUT2D eigenvalue weighted by Crippen LogP contribution is 2.27. The second-order valence-electron chi connectivity index (χ2n) is 9.45. The second kappa shape index (κ2) is 6.39. The lowest BCUT2D eigenvalue weighted by Crippen LogP contribution is -2.48. The van der Waals surface area contributed by atoms with E-state index in [2.05, 4.69) is 46.9 Å². The van der Waals surface area contributed by atoms with Crippen LogP contribution in [0.15, 0.2) is 0 Å². The lowest BCUT2D eigenvalue weighted by Gasteiger charge is -2.31. The minimum atomic E-state index is -0.196. The summed E-state index contributed by atoms with van der Waals surface area (Å²) in [6.45, 7) is 24.8. The SMILES string of the molecule is CC(C)(C)C(=O)C(C)(C)C.CC(C)(C)NC(C)(C)C. The van der Waals surface area contributed by atoms with Crippen molar-refractivity contribution >= 4 is 5.78 Å². The summed E-state index contributed by atoms with van der Waals surface area (Å²) >= 11 is 0. The molecule has 0 fully saturated rings. The number of hydrogen-bond acceptors (Lipinski definition) is 2. The summed E-state index contributed by atoms with van der Waals surface area (Å²) in [5, 5.41) is 3.46. The van der Waals surface area contributed by atoms with Gasteiger partial charge in [-0.05, 0) is 41.5 Å².